The van der Waals surface area contributed by atoms with Gasteiger partial charge in [-0.3, -0.25) is 0 Å². The maximum Gasteiger partial charge on any atom is 0.216 e. The lowest BCUT2D eigenvalue weighted by Crippen LogP contribution is -2.37. The molecule has 1 fully saturated rings. The Balaban J connectivity index is 1.62. The maximum atomic E-state index is 7.86. The van der Waals surface area contributed by atoms with Crippen LogP contribution >= 0.6 is 0 Å². The summed E-state index contributed by atoms with van der Waals surface area (Å²) in [5.41, 5.74) is 13.2. The normalized spacial score (nSPS) is 14.3. The Labute approximate surface area is 225 Å². The number of hydrogen-bond acceptors (Lipinski definition) is 1. The molecule has 0 amide bonds. The first-order valence-electron chi connectivity index (χ1n) is 13.8. The van der Waals surface area contributed by atoms with Crippen molar-refractivity contribution < 1.29 is 8.98 Å². The van der Waals surface area contributed by atoms with Gasteiger partial charge < -0.3 is 4.42 Å². The van der Waals surface area contributed by atoms with Gasteiger partial charge in [0.15, 0.2) is 11.4 Å². The molecule has 3 nitrogen and oxygen atoms in total. The minimum Gasteiger partial charge on any atom is -0.456 e. The van der Waals surface area contributed by atoms with E-state index in [1.165, 1.54) is 65.7 Å². The smallest absolute Gasteiger partial charge is 0.216 e. The van der Waals surface area contributed by atoms with Crippen LogP contribution in [0.3, 0.4) is 0 Å². The number of aromatic nitrogens is 1. The third-order valence-corrected chi connectivity index (χ3v) is 8.76. The summed E-state index contributed by atoms with van der Waals surface area (Å²) in [6, 6.07) is 19.1. The molecule has 0 bridgehead atoms. The van der Waals surface area contributed by atoms with Crippen LogP contribution in [-0.2, 0) is 7.05 Å². The molecular formula is C35H35N2O+. The highest BCUT2D eigenvalue weighted by Crippen LogP contribution is 2.45. The molecule has 0 radical (unpaired) electrons. The lowest BCUT2D eigenvalue weighted by molar-refractivity contribution is -0.667. The molecule has 3 heteroatoms. The first-order chi connectivity index (χ1) is 18.4. The summed E-state index contributed by atoms with van der Waals surface area (Å²) in [6.45, 7) is 16.7. The molecule has 1 saturated carbocycles. The number of benzene rings is 3. The van der Waals surface area contributed by atoms with E-state index in [9.17, 15) is 0 Å². The van der Waals surface area contributed by atoms with E-state index in [1.54, 1.807) is 0 Å². The van der Waals surface area contributed by atoms with Crippen LogP contribution < -0.4 is 4.57 Å². The average molecular weight is 500 g/mol. The van der Waals surface area contributed by atoms with Crippen LogP contribution in [0.5, 0.6) is 0 Å². The third kappa shape index (κ3) is 3.82. The van der Waals surface area contributed by atoms with Gasteiger partial charge in [0.25, 0.3) is 0 Å². The van der Waals surface area contributed by atoms with E-state index >= 15 is 0 Å². The average Bonchev–Trinajstić information content (AvgIpc) is 3.30. The molecule has 1 aliphatic carbocycles. The zero-order chi connectivity index (χ0) is 26.6. The zero-order valence-corrected chi connectivity index (χ0v) is 23.1. The number of furan rings is 1. The molecule has 1 aliphatic rings. The van der Waals surface area contributed by atoms with Crippen LogP contribution in [0.15, 0.2) is 59.0 Å². The topological polar surface area (TPSA) is 21.4 Å². The van der Waals surface area contributed by atoms with Crippen molar-refractivity contribution in [3.8, 4) is 22.4 Å². The standard InChI is InChI=1S/C35H35N2O/c1-21-12-15-26(16-13-21)33-29(36-5)19-18-28-27-17-14-22(2)32(34(27)38-35(28)33)30-20-23(3)31(24(4)37(30)6)25-10-8-7-9-11-25/h12-20,25H,7-11H2,1-4,6H3/q+1. The Bertz CT molecular complexity index is 1740. The predicted octanol–water partition coefficient (Wildman–Crippen LogP) is 9.58. The van der Waals surface area contributed by atoms with Crippen LogP contribution in [0.4, 0.5) is 5.69 Å². The second kappa shape index (κ2) is 9.44. The molecule has 2 heterocycles. The van der Waals surface area contributed by atoms with Gasteiger partial charge in [-0.2, -0.15) is 4.57 Å². The molecule has 0 atom stereocenters. The van der Waals surface area contributed by atoms with Gasteiger partial charge in [0.05, 0.1) is 12.1 Å². The van der Waals surface area contributed by atoms with Crippen molar-refractivity contribution >= 4 is 27.6 Å². The van der Waals surface area contributed by atoms with Crippen LogP contribution in [-0.4, -0.2) is 0 Å². The van der Waals surface area contributed by atoms with Crippen LogP contribution in [0.25, 0.3) is 49.2 Å². The highest BCUT2D eigenvalue weighted by molar-refractivity contribution is 6.15. The van der Waals surface area contributed by atoms with E-state index in [2.05, 4.69) is 86.6 Å². The maximum absolute atomic E-state index is 7.86. The summed E-state index contributed by atoms with van der Waals surface area (Å²) in [5.74, 6) is 0.663. The van der Waals surface area contributed by atoms with Crippen LogP contribution in [0.2, 0.25) is 0 Å². The SMILES string of the molecule is [C-]#[N+]c1ccc2c(oc3c(-c4cc(C)c(C5CCCCC5)c(C)[n+]4C)c(C)ccc32)c1-c1ccc(C)cc1. The molecule has 6 rings (SSSR count). The Morgan fingerprint density at radius 1 is 0.789 bits per heavy atom. The summed E-state index contributed by atoms with van der Waals surface area (Å²) < 4.78 is 9.17. The Kier molecular flexibility index (Phi) is 6.07. The molecule has 190 valence electrons. The Morgan fingerprint density at radius 3 is 2.13 bits per heavy atom. The second-order valence-corrected chi connectivity index (χ2v) is 11.2. The second-order valence-electron chi connectivity index (χ2n) is 11.2. The number of rotatable bonds is 3. The summed E-state index contributed by atoms with van der Waals surface area (Å²) in [6.07, 6.45) is 6.63. The van der Waals surface area contributed by atoms with Gasteiger partial charge in [0, 0.05) is 34.9 Å². The van der Waals surface area contributed by atoms with E-state index < -0.39 is 0 Å². The summed E-state index contributed by atoms with van der Waals surface area (Å²) in [7, 11) is 2.20. The van der Waals surface area contributed by atoms with Crippen molar-refractivity contribution in [2.24, 2.45) is 7.05 Å². The lowest BCUT2D eigenvalue weighted by Gasteiger charge is -2.24. The fourth-order valence-corrected chi connectivity index (χ4v) is 6.68. The molecule has 0 N–H and O–H groups in total. The van der Waals surface area contributed by atoms with E-state index in [0.717, 1.165) is 38.6 Å². The zero-order valence-electron chi connectivity index (χ0n) is 23.1. The van der Waals surface area contributed by atoms with Gasteiger partial charge in [-0.05, 0) is 56.2 Å². The van der Waals surface area contributed by atoms with Crippen molar-refractivity contribution in [2.75, 3.05) is 0 Å². The van der Waals surface area contributed by atoms with Crippen LogP contribution in [0, 0.1) is 34.3 Å². The minimum atomic E-state index is 0.618. The number of aryl methyl sites for hydroxylation is 3. The Hall–Kier alpha value is -3.90. The van der Waals surface area contributed by atoms with Gasteiger partial charge in [-0.15, -0.1) is 0 Å². The number of nitrogens with zero attached hydrogens (tertiary/aromatic N) is 2. The van der Waals surface area contributed by atoms with Crippen molar-refractivity contribution in [1.82, 2.24) is 0 Å². The van der Waals surface area contributed by atoms with Gasteiger partial charge in [0.1, 0.15) is 18.2 Å². The predicted molar refractivity (Wildman–Crippen MR) is 157 cm³/mol. The Morgan fingerprint density at radius 2 is 1.45 bits per heavy atom. The molecule has 38 heavy (non-hydrogen) atoms. The van der Waals surface area contributed by atoms with E-state index in [4.69, 9.17) is 11.0 Å². The fraction of sp³-hybridized carbons (Fsp3) is 0.314. The van der Waals surface area contributed by atoms with Crippen molar-refractivity contribution in [2.45, 2.75) is 65.7 Å². The lowest BCUT2D eigenvalue weighted by atomic mass is 9.81. The first kappa shape index (κ1) is 24.4. The van der Waals surface area contributed by atoms with E-state index in [-0.39, 0.29) is 0 Å². The monoisotopic (exact) mass is 499 g/mol. The summed E-state index contributed by atoms with van der Waals surface area (Å²) >= 11 is 0. The summed E-state index contributed by atoms with van der Waals surface area (Å²) in [5, 5.41) is 2.15. The number of pyridine rings is 1. The first-order valence-corrected chi connectivity index (χ1v) is 13.8. The largest absolute Gasteiger partial charge is 0.456 e. The molecule has 0 spiro atoms. The molecule has 0 saturated heterocycles. The highest BCUT2D eigenvalue weighted by atomic mass is 16.3. The number of hydrogen-bond donors (Lipinski definition) is 0. The van der Waals surface area contributed by atoms with Crippen molar-refractivity contribution in [3.05, 3.63) is 94.0 Å². The molecule has 5 aromatic rings. The van der Waals surface area contributed by atoms with Gasteiger partial charge in [-0.1, -0.05) is 73.4 Å². The van der Waals surface area contributed by atoms with E-state index in [0.29, 0.717) is 11.6 Å². The number of fused-ring (bicyclic) bond motifs is 3. The van der Waals surface area contributed by atoms with E-state index in [1.807, 2.05) is 12.1 Å². The van der Waals surface area contributed by atoms with Crippen LogP contribution in [0.1, 0.15) is 66.0 Å². The quantitative estimate of drug-likeness (QED) is 0.179. The molecule has 2 aromatic heterocycles. The molecule has 0 unspecified atom stereocenters. The highest BCUT2D eigenvalue weighted by Gasteiger charge is 2.29. The summed E-state index contributed by atoms with van der Waals surface area (Å²) in [4.78, 5) is 3.87. The molecule has 0 aliphatic heterocycles. The minimum absolute atomic E-state index is 0.618. The van der Waals surface area contributed by atoms with Gasteiger partial charge in [-0.25, -0.2) is 4.85 Å². The molecule has 3 aromatic carbocycles. The van der Waals surface area contributed by atoms with Gasteiger partial charge in [0.2, 0.25) is 5.69 Å². The third-order valence-electron chi connectivity index (χ3n) is 8.76. The van der Waals surface area contributed by atoms with Crippen molar-refractivity contribution in [3.63, 3.8) is 0 Å². The fourth-order valence-electron chi connectivity index (χ4n) is 6.68. The van der Waals surface area contributed by atoms with Crippen molar-refractivity contribution in [1.29, 1.82) is 0 Å². The van der Waals surface area contributed by atoms with Gasteiger partial charge >= 0.3 is 0 Å². The molecular weight excluding hydrogens is 464 g/mol.